The van der Waals surface area contributed by atoms with Crippen molar-refractivity contribution in [3.05, 3.63) is 58.6 Å². The molecule has 0 spiro atoms. The largest absolute Gasteiger partial charge is 0.416 e. The maximum atomic E-state index is 12.6. The molecule has 0 unspecified atom stereocenters. The zero-order valence-corrected chi connectivity index (χ0v) is 11.3. The molecule has 0 aliphatic rings. The maximum Gasteiger partial charge on any atom is 0.416 e. The van der Waals surface area contributed by atoms with Crippen LogP contribution in [0.5, 0.6) is 0 Å². The lowest BCUT2D eigenvalue weighted by Crippen LogP contribution is -2.14. The predicted octanol–water partition coefficient (Wildman–Crippen LogP) is 4.19. The second-order valence-corrected chi connectivity index (χ2v) is 4.68. The highest BCUT2D eigenvalue weighted by Gasteiger charge is 2.30. The molecular formula is C14H10ClF3N2O. The first-order valence-electron chi connectivity index (χ1n) is 5.81. The lowest BCUT2D eigenvalue weighted by atomic mass is 10.1. The number of amides is 1. The molecule has 0 heterocycles. The summed E-state index contributed by atoms with van der Waals surface area (Å²) in [5.74, 6) is -0.687. The molecule has 2 rings (SSSR count). The maximum absolute atomic E-state index is 12.6. The fourth-order valence-electron chi connectivity index (χ4n) is 1.66. The summed E-state index contributed by atoms with van der Waals surface area (Å²) in [7, 11) is 0. The number of halogens is 4. The van der Waals surface area contributed by atoms with Crippen LogP contribution in [0.25, 0.3) is 0 Å². The summed E-state index contributed by atoms with van der Waals surface area (Å²) in [5, 5.41) is 2.64. The molecule has 2 aromatic carbocycles. The first-order valence-corrected chi connectivity index (χ1v) is 6.19. The SMILES string of the molecule is Nc1ccc(NC(=O)c2cccc(C(F)(F)F)c2)c(Cl)c1. The Labute approximate surface area is 123 Å². The van der Waals surface area contributed by atoms with E-state index in [4.69, 9.17) is 17.3 Å². The van der Waals surface area contributed by atoms with Gasteiger partial charge in [0.1, 0.15) is 0 Å². The van der Waals surface area contributed by atoms with Gasteiger partial charge in [-0.25, -0.2) is 0 Å². The van der Waals surface area contributed by atoms with E-state index in [9.17, 15) is 18.0 Å². The molecule has 3 nitrogen and oxygen atoms in total. The third-order valence-corrected chi connectivity index (χ3v) is 3.01. The van der Waals surface area contributed by atoms with Crippen LogP contribution in [-0.4, -0.2) is 5.91 Å². The van der Waals surface area contributed by atoms with Gasteiger partial charge in [0.05, 0.1) is 16.3 Å². The highest BCUT2D eigenvalue weighted by atomic mass is 35.5. The highest BCUT2D eigenvalue weighted by Crippen LogP contribution is 2.30. The lowest BCUT2D eigenvalue weighted by molar-refractivity contribution is -0.137. The number of hydrogen-bond acceptors (Lipinski definition) is 2. The Hall–Kier alpha value is -2.21. The number of anilines is 2. The van der Waals surface area contributed by atoms with Crippen LogP contribution in [0.4, 0.5) is 24.5 Å². The number of nitrogens with one attached hydrogen (secondary N) is 1. The molecule has 3 N–H and O–H groups in total. The van der Waals surface area contributed by atoms with Crippen molar-refractivity contribution in [1.29, 1.82) is 0 Å². The minimum absolute atomic E-state index is 0.113. The quantitative estimate of drug-likeness (QED) is 0.816. The second kappa shape index (κ2) is 5.65. The molecule has 0 aliphatic carbocycles. The van der Waals surface area contributed by atoms with Crippen molar-refractivity contribution < 1.29 is 18.0 Å². The van der Waals surface area contributed by atoms with E-state index in [0.717, 1.165) is 12.1 Å². The van der Waals surface area contributed by atoms with Crippen LogP contribution < -0.4 is 11.1 Å². The number of rotatable bonds is 2. The zero-order valence-electron chi connectivity index (χ0n) is 10.5. The minimum Gasteiger partial charge on any atom is -0.399 e. The highest BCUT2D eigenvalue weighted by molar-refractivity contribution is 6.34. The van der Waals surface area contributed by atoms with Crippen LogP contribution in [0.3, 0.4) is 0 Å². The van der Waals surface area contributed by atoms with Gasteiger partial charge in [-0.05, 0) is 36.4 Å². The molecule has 0 atom stereocenters. The van der Waals surface area contributed by atoms with Crippen LogP contribution in [0, 0.1) is 0 Å². The summed E-state index contributed by atoms with van der Waals surface area (Å²) in [4.78, 5) is 12.0. The number of benzene rings is 2. The molecular weight excluding hydrogens is 305 g/mol. The molecule has 2 aromatic rings. The van der Waals surface area contributed by atoms with Crippen LogP contribution in [-0.2, 0) is 6.18 Å². The van der Waals surface area contributed by atoms with E-state index in [1.165, 1.54) is 30.3 Å². The van der Waals surface area contributed by atoms with E-state index in [2.05, 4.69) is 5.32 Å². The van der Waals surface area contributed by atoms with Gasteiger partial charge in [-0.15, -0.1) is 0 Å². The molecule has 21 heavy (non-hydrogen) atoms. The first kappa shape index (κ1) is 15.2. The molecule has 0 fully saturated rings. The van der Waals surface area contributed by atoms with Gasteiger partial charge < -0.3 is 11.1 Å². The van der Waals surface area contributed by atoms with Crippen molar-refractivity contribution in [1.82, 2.24) is 0 Å². The molecule has 0 saturated heterocycles. The predicted molar refractivity (Wildman–Crippen MR) is 75.3 cm³/mol. The van der Waals surface area contributed by atoms with Gasteiger partial charge in [-0.1, -0.05) is 17.7 Å². The Morgan fingerprint density at radius 3 is 2.48 bits per heavy atom. The first-order chi connectivity index (χ1) is 9.77. The number of carbonyl (C=O) groups excluding carboxylic acids is 1. The summed E-state index contributed by atoms with van der Waals surface area (Å²) in [6, 6.07) is 8.56. The van der Waals surface area contributed by atoms with Gasteiger partial charge in [0, 0.05) is 11.3 Å². The molecule has 0 bridgehead atoms. The monoisotopic (exact) mass is 314 g/mol. The average molecular weight is 315 g/mol. The van der Waals surface area contributed by atoms with Crippen molar-refractivity contribution in [2.75, 3.05) is 11.1 Å². The number of nitrogens with two attached hydrogens (primary N) is 1. The van der Waals surface area contributed by atoms with Gasteiger partial charge >= 0.3 is 6.18 Å². The average Bonchev–Trinajstić information content (AvgIpc) is 2.41. The number of hydrogen-bond donors (Lipinski definition) is 2. The summed E-state index contributed by atoms with van der Waals surface area (Å²) < 4.78 is 37.8. The van der Waals surface area contributed by atoms with Crippen molar-refractivity contribution in [3.8, 4) is 0 Å². The minimum atomic E-state index is -4.50. The number of nitrogen functional groups attached to an aromatic ring is 1. The van der Waals surface area contributed by atoms with E-state index in [1.807, 2.05) is 0 Å². The van der Waals surface area contributed by atoms with Gasteiger partial charge in [-0.2, -0.15) is 13.2 Å². The van der Waals surface area contributed by atoms with E-state index in [1.54, 1.807) is 0 Å². The van der Waals surface area contributed by atoms with Crippen molar-refractivity contribution in [3.63, 3.8) is 0 Å². The van der Waals surface area contributed by atoms with E-state index in [-0.39, 0.29) is 16.3 Å². The Bertz CT molecular complexity index is 686. The van der Waals surface area contributed by atoms with E-state index >= 15 is 0 Å². The Balaban J connectivity index is 2.25. The van der Waals surface area contributed by atoms with Crippen LogP contribution in [0.2, 0.25) is 5.02 Å². The summed E-state index contributed by atoms with van der Waals surface area (Å²) >= 11 is 5.89. The van der Waals surface area contributed by atoms with Crippen LogP contribution >= 0.6 is 11.6 Å². The fraction of sp³-hybridized carbons (Fsp3) is 0.0714. The smallest absolute Gasteiger partial charge is 0.399 e. The zero-order chi connectivity index (χ0) is 15.6. The molecule has 1 amide bonds. The third-order valence-electron chi connectivity index (χ3n) is 2.69. The summed E-state index contributed by atoms with van der Waals surface area (Å²) in [6.07, 6.45) is -4.50. The van der Waals surface area contributed by atoms with Crippen molar-refractivity contribution >= 4 is 28.9 Å². The molecule has 0 radical (unpaired) electrons. The van der Waals surface area contributed by atoms with Gasteiger partial charge in [-0.3, -0.25) is 4.79 Å². The normalized spacial score (nSPS) is 11.2. The van der Waals surface area contributed by atoms with Gasteiger partial charge in [0.25, 0.3) is 5.91 Å². The summed E-state index contributed by atoms with van der Waals surface area (Å²) in [5.41, 5.74) is 5.20. The van der Waals surface area contributed by atoms with E-state index in [0.29, 0.717) is 5.69 Å². The fourth-order valence-corrected chi connectivity index (χ4v) is 1.90. The third kappa shape index (κ3) is 3.66. The Kier molecular flexibility index (Phi) is 4.09. The molecule has 0 saturated carbocycles. The van der Waals surface area contributed by atoms with E-state index < -0.39 is 17.6 Å². The molecule has 7 heteroatoms. The topological polar surface area (TPSA) is 55.1 Å². The van der Waals surface area contributed by atoms with Crippen molar-refractivity contribution in [2.45, 2.75) is 6.18 Å². The molecule has 110 valence electrons. The summed E-state index contributed by atoms with van der Waals surface area (Å²) in [6.45, 7) is 0. The van der Waals surface area contributed by atoms with Crippen molar-refractivity contribution in [2.24, 2.45) is 0 Å². The Morgan fingerprint density at radius 1 is 1.14 bits per heavy atom. The molecule has 0 aliphatic heterocycles. The second-order valence-electron chi connectivity index (χ2n) is 4.27. The van der Waals surface area contributed by atoms with Gasteiger partial charge in [0.15, 0.2) is 0 Å². The molecule has 0 aromatic heterocycles. The number of carbonyl (C=O) groups is 1. The lowest BCUT2D eigenvalue weighted by Gasteiger charge is -2.10. The van der Waals surface area contributed by atoms with Crippen LogP contribution in [0.1, 0.15) is 15.9 Å². The number of alkyl halides is 3. The van der Waals surface area contributed by atoms with Crippen LogP contribution in [0.15, 0.2) is 42.5 Å². The standard InChI is InChI=1S/C14H10ClF3N2O/c15-11-7-10(19)4-5-12(11)20-13(21)8-2-1-3-9(6-8)14(16,17)18/h1-7H,19H2,(H,20,21). The Morgan fingerprint density at radius 2 is 1.86 bits per heavy atom. The van der Waals surface area contributed by atoms with Gasteiger partial charge in [0.2, 0.25) is 0 Å².